The van der Waals surface area contributed by atoms with Gasteiger partial charge in [0, 0.05) is 16.3 Å². The number of carbonyl (C=O) groups is 3. The van der Waals surface area contributed by atoms with E-state index in [2.05, 4.69) is 10.6 Å². The number of aryl methyl sites for hydroxylation is 1. The summed E-state index contributed by atoms with van der Waals surface area (Å²) in [4.78, 5) is 38.2. The number of thiophene rings is 1. The maximum absolute atomic E-state index is 12.7. The lowest BCUT2D eigenvalue weighted by Crippen LogP contribution is -2.42. The molecule has 1 aromatic heterocycles. The Morgan fingerprint density at radius 1 is 1.21 bits per heavy atom. The molecular formula is C19H28N2O6S2. The number of nitrogens with one attached hydrogen (secondary N) is 2. The Kier molecular flexibility index (Phi) is 6.79. The van der Waals surface area contributed by atoms with Gasteiger partial charge in [-0.15, -0.1) is 11.3 Å². The lowest BCUT2D eigenvalue weighted by Gasteiger charge is -2.19. The molecule has 1 aliphatic heterocycles. The third kappa shape index (κ3) is 5.79. The molecule has 0 unspecified atom stereocenters. The van der Waals surface area contributed by atoms with Gasteiger partial charge in [0.2, 0.25) is 5.91 Å². The predicted octanol–water partition coefficient (Wildman–Crippen LogP) is 2.20. The number of amides is 2. The molecule has 0 saturated carbocycles. The Morgan fingerprint density at radius 3 is 2.34 bits per heavy atom. The van der Waals surface area contributed by atoms with Crippen LogP contribution in [0.25, 0.3) is 0 Å². The fourth-order valence-electron chi connectivity index (χ4n) is 2.75. The lowest BCUT2D eigenvalue weighted by atomic mass is 9.96. The molecule has 0 aromatic carbocycles. The Hall–Kier alpha value is -1.94. The van der Waals surface area contributed by atoms with Gasteiger partial charge in [-0.3, -0.25) is 9.59 Å². The number of hydrogen-bond acceptors (Lipinski definition) is 7. The van der Waals surface area contributed by atoms with Crippen molar-refractivity contribution in [3.8, 4) is 0 Å². The second kappa shape index (κ2) is 8.43. The summed E-state index contributed by atoms with van der Waals surface area (Å²) in [5.74, 6) is -1.56. The molecule has 1 saturated heterocycles. The van der Waals surface area contributed by atoms with E-state index in [1.807, 2.05) is 6.92 Å². The van der Waals surface area contributed by atoms with Gasteiger partial charge in [-0.25, -0.2) is 13.2 Å². The highest BCUT2D eigenvalue weighted by molar-refractivity contribution is 7.91. The Bertz CT molecular complexity index is 927. The van der Waals surface area contributed by atoms with Crippen molar-refractivity contribution in [1.29, 1.82) is 0 Å². The minimum Gasteiger partial charge on any atom is -0.449 e. The monoisotopic (exact) mass is 444 g/mol. The van der Waals surface area contributed by atoms with Crippen LogP contribution >= 0.6 is 11.3 Å². The minimum absolute atomic E-state index is 0.0380. The van der Waals surface area contributed by atoms with Gasteiger partial charge in [-0.05, 0) is 32.8 Å². The van der Waals surface area contributed by atoms with Crippen molar-refractivity contribution in [3.05, 3.63) is 16.0 Å². The molecule has 162 valence electrons. The summed E-state index contributed by atoms with van der Waals surface area (Å²) >= 11 is 1.28. The van der Waals surface area contributed by atoms with Gasteiger partial charge in [-0.1, -0.05) is 20.8 Å². The van der Waals surface area contributed by atoms with Gasteiger partial charge < -0.3 is 15.4 Å². The molecule has 2 amide bonds. The first kappa shape index (κ1) is 23.3. The molecule has 1 aliphatic rings. The van der Waals surface area contributed by atoms with Crippen LogP contribution in [0.1, 0.15) is 54.9 Å². The number of anilines is 1. The van der Waals surface area contributed by atoms with Gasteiger partial charge >= 0.3 is 5.97 Å². The third-order valence-corrected chi connectivity index (χ3v) is 7.62. The van der Waals surface area contributed by atoms with Gasteiger partial charge in [-0.2, -0.15) is 0 Å². The molecule has 1 fully saturated rings. The molecule has 2 rings (SSSR count). The molecule has 0 bridgehead atoms. The zero-order chi connectivity index (χ0) is 22.1. The van der Waals surface area contributed by atoms with Gasteiger partial charge in [0.15, 0.2) is 15.9 Å². The number of ether oxygens (including phenoxy) is 1. The number of esters is 1. The summed E-state index contributed by atoms with van der Waals surface area (Å²) in [6, 6.07) is -0.472. The average Bonchev–Trinajstić information content (AvgIpc) is 3.05. The van der Waals surface area contributed by atoms with E-state index in [4.69, 9.17) is 4.74 Å². The average molecular weight is 445 g/mol. The largest absolute Gasteiger partial charge is 0.449 e. The van der Waals surface area contributed by atoms with E-state index in [-0.39, 0.29) is 23.0 Å². The van der Waals surface area contributed by atoms with Gasteiger partial charge in [0.25, 0.3) is 5.91 Å². The van der Waals surface area contributed by atoms with Crippen LogP contribution in [0, 0.1) is 19.3 Å². The smallest absolute Gasteiger partial charge is 0.342 e. The number of hydrogen-bond donors (Lipinski definition) is 2. The molecule has 2 N–H and O–H groups in total. The van der Waals surface area contributed by atoms with E-state index >= 15 is 0 Å². The fourth-order valence-corrected chi connectivity index (χ4v) is 5.47. The molecule has 2 heterocycles. The first-order valence-electron chi connectivity index (χ1n) is 9.34. The fraction of sp³-hybridized carbons (Fsp3) is 0.632. The normalized spacial score (nSPS) is 19.4. The lowest BCUT2D eigenvalue weighted by molar-refractivity contribution is -0.129. The van der Waals surface area contributed by atoms with Crippen molar-refractivity contribution in [1.82, 2.24) is 5.32 Å². The van der Waals surface area contributed by atoms with Crippen LogP contribution in [-0.4, -0.2) is 49.9 Å². The highest BCUT2D eigenvalue weighted by atomic mass is 32.2. The maximum Gasteiger partial charge on any atom is 0.342 e. The molecular weight excluding hydrogens is 416 g/mol. The summed E-state index contributed by atoms with van der Waals surface area (Å²) in [7, 11) is -3.13. The number of rotatable bonds is 5. The van der Waals surface area contributed by atoms with Gasteiger partial charge in [0.05, 0.1) is 17.1 Å². The van der Waals surface area contributed by atoms with Crippen molar-refractivity contribution >= 4 is 44.0 Å². The van der Waals surface area contributed by atoms with E-state index in [1.165, 1.54) is 18.3 Å². The van der Waals surface area contributed by atoms with E-state index in [1.54, 1.807) is 27.7 Å². The number of sulfone groups is 1. The van der Waals surface area contributed by atoms with Crippen molar-refractivity contribution in [3.63, 3.8) is 0 Å². The quantitative estimate of drug-likeness (QED) is 0.672. The molecule has 8 nitrogen and oxygen atoms in total. The zero-order valence-corrected chi connectivity index (χ0v) is 19.2. The summed E-state index contributed by atoms with van der Waals surface area (Å²) in [6.07, 6.45) is -0.753. The second-order valence-electron chi connectivity index (χ2n) is 8.35. The second-order valence-corrected chi connectivity index (χ2v) is 11.8. The Morgan fingerprint density at radius 2 is 1.83 bits per heavy atom. The van der Waals surface area contributed by atoms with E-state index in [0.717, 1.165) is 4.88 Å². The minimum atomic E-state index is -3.13. The molecule has 0 aliphatic carbocycles. The molecule has 10 heteroatoms. The molecule has 0 radical (unpaired) electrons. The first-order valence-corrected chi connectivity index (χ1v) is 12.0. The van der Waals surface area contributed by atoms with E-state index in [0.29, 0.717) is 17.0 Å². The summed E-state index contributed by atoms with van der Waals surface area (Å²) < 4.78 is 28.4. The van der Waals surface area contributed by atoms with Crippen LogP contribution in [0.4, 0.5) is 5.00 Å². The van der Waals surface area contributed by atoms with Crippen LogP contribution in [0.2, 0.25) is 0 Å². The van der Waals surface area contributed by atoms with E-state index < -0.39 is 39.3 Å². The highest BCUT2D eigenvalue weighted by Gasteiger charge is 2.32. The van der Waals surface area contributed by atoms with Crippen molar-refractivity contribution in [2.24, 2.45) is 5.41 Å². The van der Waals surface area contributed by atoms with E-state index in [9.17, 15) is 22.8 Å². The van der Waals surface area contributed by atoms with Crippen LogP contribution in [0.3, 0.4) is 0 Å². The zero-order valence-electron chi connectivity index (χ0n) is 17.5. The summed E-state index contributed by atoms with van der Waals surface area (Å²) in [5, 5.41) is 5.78. The summed E-state index contributed by atoms with van der Waals surface area (Å²) in [5.41, 5.74) is 0.272. The summed E-state index contributed by atoms with van der Waals surface area (Å²) in [6.45, 7) is 10.3. The van der Waals surface area contributed by atoms with Crippen LogP contribution < -0.4 is 10.6 Å². The third-order valence-electron chi connectivity index (χ3n) is 4.73. The molecule has 2 atom stereocenters. The first-order chi connectivity index (χ1) is 13.2. The van der Waals surface area contributed by atoms with Crippen molar-refractivity contribution in [2.45, 2.75) is 60.1 Å². The Labute approximate surface area is 175 Å². The molecule has 29 heavy (non-hydrogen) atoms. The van der Waals surface area contributed by atoms with Gasteiger partial charge in [0.1, 0.15) is 5.00 Å². The molecule has 1 aromatic rings. The molecule has 0 spiro atoms. The maximum atomic E-state index is 12.7. The van der Waals surface area contributed by atoms with Crippen LogP contribution in [0.5, 0.6) is 0 Å². The van der Waals surface area contributed by atoms with Crippen LogP contribution in [0.15, 0.2) is 0 Å². The predicted molar refractivity (Wildman–Crippen MR) is 112 cm³/mol. The number of carbonyl (C=O) groups excluding carboxylic acids is 3. The Balaban J connectivity index is 2.09. The SMILES string of the molecule is Cc1sc(NC(=O)C(C)(C)C)c(C(=O)O[C@H](C)C(=O)N[C@@H]2CCS(=O)(=O)C2)c1C. The van der Waals surface area contributed by atoms with Crippen molar-refractivity contribution in [2.75, 3.05) is 16.8 Å². The van der Waals surface area contributed by atoms with Crippen LogP contribution in [-0.2, 0) is 24.2 Å². The highest BCUT2D eigenvalue weighted by Crippen LogP contribution is 2.34. The standard InChI is InChI=1S/C19H28N2O6S2/c1-10-12(3)28-16(21-18(24)19(4,5)6)14(10)17(23)27-11(2)15(22)20-13-7-8-29(25,26)9-13/h11,13H,7-9H2,1-6H3,(H,20,22)(H,21,24)/t11-,13-/m1/s1. The topological polar surface area (TPSA) is 119 Å². The van der Waals surface area contributed by atoms with Crippen molar-refractivity contribution < 1.29 is 27.5 Å².